The van der Waals surface area contributed by atoms with E-state index in [4.69, 9.17) is 9.47 Å². The summed E-state index contributed by atoms with van der Waals surface area (Å²) in [5.41, 5.74) is 0.440. The highest BCUT2D eigenvalue weighted by molar-refractivity contribution is 5.93. The van der Waals surface area contributed by atoms with Crippen LogP contribution in [0.4, 0.5) is 0 Å². The maximum Gasteiger partial charge on any atom is 0.224 e. The van der Waals surface area contributed by atoms with Crippen LogP contribution in [0.25, 0.3) is 0 Å². The van der Waals surface area contributed by atoms with Gasteiger partial charge < -0.3 is 14.8 Å². The number of nitrogens with one attached hydrogen (secondary N) is 1. The molecule has 7 nitrogen and oxygen atoms in total. The van der Waals surface area contributed by atoms with E-state index >= 15 is 0 Å². The van der Waals surface area contributed by atoms with Gasteiger partial charge in [0.2, 0.25) is 5.91 Å². The summed E-state index contributed by atoms with van der Waals surface area (Å²) in [6, 6.07) is 7.50. The monoisotopic (exact) mass is 540 g/mol. The van der Waals surface area contributed by atoms with Gasteiger partial charge in [-0.1, -0.05) is 51.7 Å². The Bertz CT molecular complexity index is 965. The van der Waals surface area contributed by atoms with E-state index in [1.165, 1.54) is 12.8 Å². The molecule has 39 heavy (non-hydrogen) atoms. The van der Waals surface area contributed by atoms with Crippen LogP contribution >= 0.6 is 0 Å². The van der Waals surface area contributed by atoms with Crippen molar-refractivity contribution in [3.8, 4) is 5.75 Å². The van der Waals surface area contributed by atoms with Gasteiger partial charge in [0.25, 0.3) is 0 Å². The first-order valence-corrected chi connectivity index (χ1v) is 15.2. The van der Waals surface area contributed by atoms with Gasteiger partial charge in [0.15, 0.2) is 5.78 Å². The largest absolute Gasteiger partial charge is 0.494 e. The fourth-order valence-electron chi connectivity index (χ4n) is 6.23. The molecule has 216 valence electrons. The number of rotatable bonds is 6. The van der Waals surface area contributed by atoms with Crippen molar-refractivity contribution < 1.29 is 23.9 Å². The topological polar surface area (TPSA) is 84.9 Å². The van der Waals surface area contributed by atoms with Crippen LogP contribution in [0, 0.1) is 17.3 Å². The predicted molar refractivity (Wildman–Crippen MR) is 152 cm³/mol. The van der Waals surface area contributed by atoms with Gasteiger partial charge >= 0.3 is 0 Å². The van der Waals surface area contributed by atoms with Gasteiger partial charge in [-0.25, -0.2) is 0 Å². The van der Waals surface area contributed by atoms with E-state index in [-0.39, 0.29) is 23.9 Å². The SMILES string of the molecule is CC1(C)Cc2cccc(c2)OCCCC[C@@H](C(=O)CC2CCCC2)NC(=O)[C@H](CCN2CCOCC2)CC1=O. The molecule has 4 rings (SSSR count). The van der Waals surface area contributed by atoms with E-state index in [9.17, 15) is 14.4 Å². The number of ether oxygens (including phenoxy) is 2. The van der Waals surface area contributed by atoms with E-state index in [2.05, 4.69) is 10.2 Å². The van der Waals surface area contributed by atoms with Crippen LogP contribution in [0.1, 0.15) is 83.6 Å². The van der Waals surface area contributed by atoms with Crippen molar-refractivity contribution in [3.63, 3.8) is 0 Å². The van der Waals surface area contributed by atoms with E-state index in [0.29, 0.717) is 51.4 Å². The third-order valence-corrected chi connectivity index (χ3v) is 8.83. The number of ketones is 2. The first-order chi connectivity index (χ1) is 18.8. The molecule has 1 amide bonds. The van der Waals surface area contributed by atoms with Crippen molar-refractivity contribution in [3.05, 3.63) is 29.8 Å². The molecule has 1 N–H and O–H groups in total. The minimum atomic E-state index is -0.620. The van der Waals surface area contributed by atoms with Crippen molar-refractivity contribution in [1.82, 2.24) is 10.2 Å². The van der Waals surface area contributed by atoms with E-state index in [0.717, 1.165) is 56.6 Å². The molecule has 2 aliphatic heterocycles. The van der Waals surface area contributed by atoms with Crippen LogP contribution < -0.4 is 10.1 Å². The molecule has 1 saturated carbocycles. The first kappa shape index (κ1) is 29.7. The van der Waals surface area contributed by atoms with Crippen LogP contribution in [0.15, 0.2) is 24.3 Å². The summed E-state index contributed by atoms with van der Waals surface area (Å²) in [7, 11) is 0. The molecular weight excluding hydrogens is 492 g/mol. The van der Waals surface area contributed by atoms with Gasteiger partial charge in [-0.15, -0.1) is 0 Å². The van der Waals surface area contributed by atoms with Crippen LogP contribution in [0.2, 0.25) is 0 Å². The van der Waals surface area contributed by atoms with Crippen molar-refractivity contribution in [2.75, 3.05) is 39.5 Å². The fourth-order valence-corrected chi connectivity index (χ4v) is 6.23. The van der Waals surface area contributed by atoms with Crippen molar-refractivity contribution in [2.45, 2.75) is 90.5 Å². The Morgan fingerprint density at radius 1 is 1.03 bits per heavy atom. The highest BCUT2D eigenvalue weighted by Gasteiger charge is 2.34. The molecule has 1 aromatic carbocycles. The lowest BCUT2D eigenvalue weighted by Gasteiger charge is -2.30. The molecule has 2 bridgehead atoms. The summed E-state index contributed by atoms with van der Waals surface area (Å²) < 4.78 is 11.5. The van der Waals surface area contributed by atoms with Gasteiger partial charge in [0.1, 0.15) is 11.5 Å². The molecule has 1 aromatic rings. The highest BCUT2D eigenvalue weighted by atomic mass is 16.5. The van der Waals surface area contributed by atoms with Crippen molar-refractivity contribution in [2.24, 2.45) is 17.3 Å². The quantitative estimate of drug-likeness (QED) is 0.561. The Labute approximate surface area is 234 Å². The van der Waals surface area contributed by atoms with Gasteiger partial charge in [-0.05, 0) is 62.3 Å². The number of fused-ring (bicyclic) bond motifs is 2. The maximum atomic E-state index is 13.7. The number of hydrogen-bond donors (Lipinski definition) is 1. The van der Waals surface area contributed by atoms with Crippen LogP contribution in [-0.4, -0.2) is 67.9 Å². The average Bonchev–Trinajstić information content (AvgIpc) is 3.43. The number of amides is 1. The second kappa shape index (κ2) is 14.4. The summed E-state index contributed by atoms with van der Waals surface area (Å²) in [4.78, 5) is 43.1. The predicted octanol–water partition coefficient (Wildman–Crippen LogP) is 4.75. The molecule has 7 heteroatoms. The zero-order valence-corrected chi connectivity index (χ0v) is 24.1. The average molecular weight is 541 g/mol. The molecule has 3 aliphatic rings. The molecule has 0 unspecified atom stereocenters. The lowest BCUT2D eigenvalue weighted by molar-refractivity contribution is -0.135. The molecule has 0 radical (unpaired) electrons. The van der Waals surface area contributed by atoms with E-state index < -0.39 is 17.4 Å². The van der Waals surface area contributed by atoms with Gasteiger partial charge in [-0.2, -0.15) is 0 Å². The molecule has 0 spiro atoms. The van der Waals surface area contributed by atoms with Gasteiger partial charge in [0, 0.05) is 37.3 Å². The van der Waals surface area contributed by atoms with Crippen LogP contribution in [-0.2, 0) is 25.5 Å². The number of Topliss-reactive ketones (excluding diaryl/α,β-unsaturated/α-hetero) is 2. The molecule has 2 heterocycles. The van der Waals surface area contributed by atoms with E-state index in [1.54, 1.807) is 0 Å². The molecule has 0 aromatic heterocycles. The first-order valence-electron chi connectivity index (χ1n) is 15.2. The van der Waals surface area contributed by atoms with Crippen LogP contribution in [0.3, 0.4) is 0 Å². The zero-order chi connectivity index (χ0) is 27.7. The van der Waals surface area contributed by atoms with Crippen molar-refractivity contribution >= 4 is 17.5 Å². The number of hydrogen-bond acceptors (Lipinski definition) is 6. The zero-order valence-electron chi connectivity index (χ0n) is 24.1. The number of carbonyl (C=O) groups excluding carboxylic acids is 3. The molecule has 2 fully saturated rings. The van der Waals surface area contributed by atoms with Crippen molar-refractivity contribution in [1.29, 1.82) is 0 Å². The Kier molecular flexibility index (Phi) is 11.0. The maximum absolute atomic E-state index is 13.7. The standard InChI is InChI=1S/C32H48N2O5/c1-32(2)23-25-10-7-11-27(20-25)39-17-6-5-12-28(29(35)21-24-8-3-4-9-24)33-31(37)26(22-30(32)36)13-14-34-15-18-38-19-16-34/h7,10-11,20,24,26,28H,3-6,8-9,12-19,21-23H2,1-2H3,(H,33,37)/t26-,28+/m1/s1. The summed E-state index contributed by atoms with van der Waals surface area (Å²) in [6.07, 6.45) is 8.71. The Hall–Kier alpha value is -2.25. The second-order valence-electron chi connectivity index (χ2n) is 12.5. The third-order valence-electron chi connectivity index (χ3n) is 8.83. The summed E-state index contributed by atoms with van der Waals surface area (Å²) >= 11 is 0. The minimum Gasteiger partial charge on any atom is -0.494 e. The van der Waals surface area contributed by atoms with E-state index in [1.807, 2.05) is 38.1 Å². The fraction of sp³-hybridized carbons (Fsp3) is 0.719. The summed E-state index contributed by atoms with van der Waals surface area (Å²) in [6.45, 7) is 8.32. The molecular formula is C32H48N2O5. The Balaban J connectivity index is 1.52. The number of benzene rings is 1. The Morgan fingerprint density at radius 2 is 1.77 bits per heavy atom. The summed E-state index contributed by atoms with van der Waals surface area (Å²) in [5.74, 6) is 0.866. The lowest BCUT2D eigenvalue weighted by Crippen LogP contribution is -2.46. The normalized spacial score (nSPS) is 26.1. The minimum absolute atomic E-state index is 0.0804. The smallest absolute Gasteiger partial charge is 0.224 e. The van der Waals surface area contributed by atoms with Crippen LogP contribution in [0.5, 0.6) is 5.75 Å². The van der Waals surface area contributed by atoms with Gasteiger partial charge in [-0.3, -0.25) is 19.3 Å². The number of morpholine rings is 1. The summed E-state index contributed by atoms with van der Waals surface area (Å²) in [5, 5.41) is 3.14. The third kappa shape index (κ3) is 9.14. The Morgan fingerprint density at radius 3 is 2.54 bits per heavy atom. The molecule has 2 atom stereocenters. The van der Waals surface area contributed by atoms with Gasteiger partial charge in [0.05, 0.1) is 25.9 Å². The lowest BCUT2D eigenvalue weighted by atomic mass is 9.77. The molecule has 1 saturated heterocycles. The number of carbonyl (C=O) groups is 3. The second-order valence-corrected chi connectivity index (χ2v) is 12.5. The number of nitrogens with zero attached hydrogens (tertiary/aromatic N) is 1. The highest BCUT2D eigenvalue weighted by Crippen LogP contribution is 2.30. The molecule has 1 aliphatic carbocycles.